The molecule has 1 aromatic carbocycles. The molecule has 0 saturated heterocycles. The first-order chi connectivity index (χ1) is 12.2. The van der Waals surface area contributed by atoms with Gasteiger partial charge < -0.3 is 14.7 Å². The van der Waals surface area contributed by atoms with Crippen LogP contribution in [0.25, 0.3) is 28.0 Å². The van der Waals surface area contributed by atoms with Crippen LogP contribution in [0.4, 0.5) is 0 Å². The van der Waals surface area contributed by atoms with E-state index in [1.54, 1.807) is 60.6 Å². The van der Waals surface area contributed by atoms with E-state index in [0.29, 0.717) is 28.3 Å². The molecule has 0 amide bonds. The molecule has 124 valence electrons. The van der Waals surface area contributed by atoms with E-state index in [9.17, 15) is 9.59 Å². The molecule has 0 aliphatic rings. The number of methoxy groups -OCH3 is 1. The topological polar surface area (TPSA) is 92.8 Å². The van der Waals surface area contributed by atoms with Gasteiger partial charge in [-0.1, -0.05) is 0 Å². The van der Waals surface area contributed by atoms with Gasteiger partial charge in [0.05, 0.1) is 12.7 Å². The van der Waals surface area contributed by atoms with Crippen molar-refractivity contribution in [3.05, 3.63) is 75.7 Å². The predicted molar refractivity (Wildman–Crippen MR) is 94.3 cm³/mol. The molecular weight excluding hydrogens is 320 g/mol. The Hall–Kier alpha value is -3.61. The molecule has 2 N–H and O–H groups in total. The van der Waals surface area contributed by atoms with Crippen molar-refractivity contribution < 1.29 is 4.74 Å². The second-order valence-electron chi connectivity index (χ2n) is 5.47. The van der Waals surface area contributed by atoms with Crippen molar-refractivity contribution in [3.63, 3.8) is 0 Å². The number of pyridine rings is 2. The fraction of sp³-hybridized carbons (Fsp3) is 0.0556. The molecule has 0 spiro atoms. The van der Waals surface area contributed by atoms with Crippen molar-refractivity contribution in [2.45, 2.75) is 0 Å². The van der Waals surface area contributed by atoms with Gasteiger partial charge in [-0.3, -0.25) is 14.2 Å². The van der Waals surface area contributed by atoms with Gasteiger partial charge >= 0.3 is 0 Å². The number of aromatic nitrogens is 4. The van der Waals surface area contributed by atoms with Crippen molar-refractivity contribution in [1.82, 2.24) is 19.5 Å². The lowest BCUT2D eigenvalue weighted by Gasteiger charge is -2.08. The summed E-state index contributed by atoms with van der Waals surface area (Å²) >= 11 is 0. The number of nitrogens with zero attached hydrogens (tertiary/aromatic N) is 2. The maximum atomic E-state index is 12.5. The number of aromatic amines is 2. The van der Waals surface area contributed by atoms with E-state index in [0.717, 1.165) is 5.39 Å². The molecular formula is C18H14N4O3. The van der Waals surface area contributed by atoms with Gasteiger partial charge in [-0.05, 0) is 36.4 Å². The maximum absolute atomic E-state index is 12.5. The first-order valence-electron chi connectivity index (χ1n) is 7.60. The molecule has 7 nitrogen and oxygen atoms in total. The standard InChI is InChI=1S/C18H14N4O3/c1-25-12-4-5-14-11(9-12)10-13(17(23)21-14)16-19-7-8-22(16)15-3-2-6-20-18(15)24/h2-10H,1H3,(H,20,24)(H,21,23). The van der Waals surface area contributed by atoms with Crippen LogP contribution in [0.5, 0.6) is 5.75 Å². The van der Waals surface area contributed by atoms with Gasteiger partial charge in [-0.2, -0.15) is 0 Å². The Morgan fingerprint density at radius 2 is 2.00 bits per heavy atom. The third-order valence-corrected chi connectivity index (χ3v) is 3.99. The average molecular weight is 334 g/mol. The van der Waals surface area contributed by atoms with E-state index in [1.165, 1.54) is 0 Å². The first-order valence-corrected chi connectivity index (χ1v) is 7.60. The minimum atomic E-state index is -0.280. The molecule has 0 aliphatic heterocycles. The Morgan fingerprint density at radius 3 is 2.80 bits per heavy atom. The predicted octanol–water partition coefficient (Wildman–Crippen LogP) is 2.08. The SMILES string of the molecule is COc1ccc2[nH]c(=O)c(-c3nccn3-c3ccc[nH]c3=O)cc2c1. The lowest BCUT2D eigenvalue weighted by Crippen LogP contribution is -2.16. The maximum Gasteiger partial charge on any atom is 0.272 e. The fourth-order valence-electron chi connectivity index (χ4n) is 2.78. The smallest absolute Gasteiger partial charge is 0.272 e. The third-order valence-electron chi connectivity index (χ3n) is 3.99. The Kier molecular flexibility index (Phi) is 3.46. The number of hydrogen-bond acceptors (Lipinski definition) is 4. The zero-order valence-corrected chi connectivity index (χ0v) is 13.3. The monoisotopic (exact) mass is 334 g/mol. The summed E-state index contributed by atoms with van der Waals surface area (Å²) in [6, 6.07) is 10.5. The number of imidazole rings is 1. The summed E-state index contributed by atoms with van der Waals surface area (Å²) in [7, 11) is 1.59. The molecule has 4 rings (SSSR count). The van der Waals surface area contributed by atoms with Crippen LogP contribution in [-0.2, 0) is 0 Å². The number of benzene rings is 1. The van der Waals surface area contributed by atoms with E-state index in [4.69, 9.17) is 4.74 Å². The van der Waals surface area contributed by atoms with Gasteiger partial charge in [0, 0.05) is 29.5 Å². The van der Waals surface area contributed by atoms with Crippen LogP contribution in [-0.4, -0.2) is 26.6 Å². The Balaban J connectivity index is 1.96. The minimum absolute atomic E-state index is 0.263. The second-order valence-corrected chi connectivity index (χ2v) is 5.47. The number of nitrogens with one attached hydrogen (secondary N) is 2. The van der Waals surface area contributed by atoms with Crippen molar-refractivity contribution >= 4 is 10.9 Å². The van der Waals surface area contributed by atoms with Crippen LogP contribution in [0.15, 0.2) is 64.6 Å². The van der Waals surface area contributed by atoms with E-state index in [-0.39, 0.29) is 11.1 Å². The van der Waals surface area contributed by atoms with E-state index < -0.39 is 0 Å². The van der Waals surface area contributed by atoms with Crippen molar-refractivity contribution in [2.24, 2.45) is 0 Å². The zero-order valence-electron chi connectivity index (χ0n) is 13.3. The van der Waals surface area contributed by atoms with E-state index >= 15 is 0 Å². The van der Waals surface area contributed by atoms with Crippen LogP contribution < -0.4 is 15.9 Å². The summed E-state index contributed by atoms with van der Waals surface area (Å²) in [6.07, 6.45) is 4.75. The number of rotatable bonds is 3. The summed E-state index contributed by atoms with van der Waals surface area (Å²) < 4.78 is 6.83. The quantitative estimate of drug-likeness (QED) is 0.600. The summed E-state index contributed by atoms with van der Waals surface area (Å²) in [6.45, 7) is 0. The Bertz CT molecular complexity index is 1190. The normalized spacial score (nSPS) is 10.9. The van der Waals surface area contributed by atoms with Gasteiger partial charge in [0.25, 0.3) is 11.1 Å². The number of ether oxygens (including phenoxy) is 1. The third kappa shape index (κ3) is 2.51. The molecule has 3 heterocycles. The Labute approximate surface area is 141 Å². The van der Waals surface area contributed by atoms with Crippen molar-refractivity contribution in [3.8, 4) is 22.8 Å². The highest BCUT2D eigenvalue weighted by molar-refractivity contribution is 5.83. The van der Waals surface area contributed by atoms with Gasteiger partial charge in [-0.15, -0.1) is 0 Å². The molecule has 4 aromatic rings. The van der Waals surface area contributed by atoms with Gasteiger partial charge in [0.15, 0.2) is 0 Å². The van der Waals surface area contributed by atoms with E-state index in [1.807, 2.05) is 6.07 Å². The zero-order chi connectivity index (χ0) is 17.4. The minimum Gasteiger partial charge on any atom is -0.497 e. The van der Waals surface area contributed by atoms with Crippen LogP contribution >= 0.6 is 0 Å². The summed E-state index contributed by atoms with van der Waals surface area (Å²) in [5.41, 5.74) is 0.914. The lowest BCUT2D eigenvalue weighted by atomic mass is 10.1. The van der Waals surface area contributed by atoms with Crippen LogP contribution in [0.1, 0.15) is 0 Å². The number of H-pyrrole nitrogens is 2. The number of fused-ring (bicyclic) bond motifs is 1. The van der Waals surface area contributed by atoms with Crippen LogP contribution in [0.3, 0.4) is 0 Å². The molecule has 3 aromatic heterocycles. The molecule has 0 aliphatic carbocycles. The average Bonchev–Trinajstić information content (AvgIpc) is 3.10. The highest BCUT2D eigenvalue weighted by Gasteiger charge is 2.14. The molecule has 25 heavy (non-hydrogen) atoms. The largest absolute Gasteiger partial charge is 0.497 e. The first kappa shape index (κ1) is 14.9. The van der Waals surface area contributed by atoms with Gasteiger partial charge in [0.2, 0.25) is 0 Å². The summed E-state index contributed by atoms with van der Waals surface area (Å²) in [5, 5.41) is 0.811. The van der Waals surface area contributed by atoms with Crippen molar-refractivity contribution in [2.75, 3.05) is 7.11 Å². The fourth-order valence-corrected chi connectivity index (χ4v) is 2.78. The van der Waals surface area contributed by atoms with Gasteiger partial charge in [-0.25, -0.2) is 4.98 Å². The molecule has 0 radical (unpaired) electrons. The number of hydrogen-bond donors (Lipinski definition) is 2. The van der Waals surface area contributed by atoms with Crippen LogP contribution in [0, 0.1) is 0 Å². The van der Waals surface area contributed by atoms with Gasteiger partial charge in [0.1, 0.15) is 17.3 Å². The highest BCUT2D eigenvalue weighted by atomic mass is 16.5. The molecule has 0 fully saturated rings. The van der Waals surface area contributed by atoms with Crippen molar-refractivity contribution in [1.29, 1.82) is 0 Å². The lowest BCUT2D eigenvalue weighted by molar-refractivity contribution is 0.415. The molecule has 0 saturated carbocycles. The van der Waals surface area contributed by atoms with Crippen LogP contribution in [0.2, 0.25) is 0 Å². The highest BCUT2D eigenvalue weighted by Crippen LogP contribution is 2.23. The second kappa shape index (κ2) is 5.79. The molecule has 7 heteroatoms. The van der Waals surface area contributed by atoms with E-state index in [2.05, 4.69) is 15.0 Å². The Morgan fingerprint density at radius 1 is 1.12 bits per heavy atom. The summed E-state index contributed by atoms with van der Waals surface area (Å²) in [4.78, 5) is 34.3. The molecule has 0 bridgehead atoms. The molecule has 0 atom stereocenters. The molecule has 0 unspecified atom stereocenters. The summed E-state index contributed by atoms with van der Waals surface area (Å²) in [5.74, 6) is 1.08.